The first kappa shape index (κ1) is 21.1. The lowest BCUT2D eigenvalue weighted by Gasteiger charge is -2.37. The third-order valence-corrected chi connectivity index (χ3v) is 6.28. The third-order valence-electron chi connectivity index (χ3n) is 5.29. The summed E-state index contributed by atoms with van der Waals surface area (Å²) in [5, 5.41) is 23.0. The van der Waals surface area contributed by atoms with E-state index < -0.39 is 6.23 Å². The van der Waals surface area contributed by atoms with Crippen LogP contribution in [-0.4, -0.2) is 58.3 Å². The number of nitrogens with one attached hydrogen (secondary N) is 1. The second-order valence-electron chi connectivity index (χ2n) is 7.44. The second-order valence-corrected chi connectivity index (χ2v) is 8.44. The highest BCUT2D eigenvalue weighted by molar-refractivity contribution is 7.18. The first-order valence-corrected chi connectivity index (χ1v) is 10.9. The molecule has 1 aliphatic heterocycles. The van der Waals surface area contributed by atoms with Gasteiger partial charge in [-0.05, 0) is 43.3 Å². The number of aromatic nitrogens is 1. The van der Waals surface area contributed by atoms with Gasteiger partial charge in [-0.25, -0.2) is 4.98 Å². The molecule has 0 bridgehead atoms. The summed E-state index contributed by atoms with van der Waals surface area (Å²) in [5.41, 5.74) is 8.30. The van der Waals surface area contributed by atoms with E-state index in [0.29, 0.717) is 15.6 Å². The van der Waals surface area contributed by atoms with E-state index in [-0.39, 0.29) is 17.4 Å². The van der Waals surface area contributed by atoms with Gasteiger partial charge in [-0.2, -0.15) is 0 Å². The first-order chi connectivity index (χ1) is 14.9. The van der Waals surface area contributed by atoms with Gasteiger partial charge in [0, 0.05) is 43.1 Å². The predicted octanol–water partition coefficient (Wildman–Crippen LogP) is 2.87. The maximum Gasteiger partial charge on any atom is 0.206 e. The monoisotopic (exact) mass is 439 g/mol. The minimum atomic E-state index is -0.413. The van der Waals surface area contributed by atoms with E-state index in [1.807, 2.05) is 24.3 Å². The number of hydrogen-bond acceptors (Lipinski definition) is 9. The van der Waals surface area contributed by atoms with Gasteiger partial charge in [0.1, 0.15) is 22.7 Å². The van der Waals surface area contributed by atoms with Crippen LogP contribution in [0.5, 0.6) is 5.75 Å². The van der Waals surface area contributed by atoms with Gasteiger partial charge in [0.25, 0.3) is 0 Å². The van der Waals surface area contributed by atoms with Crippen molar-refractivity contribution in [3.63, 3.8) is 0 Å². The Morgan fingerprint density at radius 1 is 1.16 bits per heavy atom. The number of aliphatic hydroxyl groups excluding tert-OH is 1. The van der Waals surface area contributed by atoms with Gasteiger partial charge in [-0.3, -0.25) is 9.69 Å². The van der Waals surface area contributed by atoms with E-state index in [4.69, 9.17) is 5.73 Å². The quantitative estimate of drug-likeness (QED) is 0.434. The number of benzene rings is 2. The number of carbonyl (C=O) groups is 1. The largest absolute Gasteiger partial charge is 0.508 e. The number of anilines is 4. The zero-order chi connectivity index (χ0) is 22.0. The van der Waals surface area contributed by atoms with Crippen molar-refractivity contribution in [3.05, 3.63) is 59.0 Å². The van der Waals surface area contributed by atoms with Crippen LogP contribution in [0.15, 0.2) is 48.5 Å². The van der Waals surface area contributed by atoms with Crippen molar-refractivity contribution in [2.75, 3.05) is 42.1 Å². The van der Waals surface area contributed by atoms with Gasteiger partial charge in [0.2, 0.25) is 5.78 Å². The molecule has 0 saturated carbocycles. The molecule has 0 spiro atoms. The SMILES string of the molecule is CC(O)N1CCN(c2ccc(Nc3nc(N)c(C(=O)c4cccc(O)c4)s3)cc2)CC1. The molecule has 1 unspecified atom stereocenters. The summed E-state index contributed by atoms with van der Waals surface area (Å²) < 4.78 is 0. The van der Waals surface area contributed by atoms with Crippen LogP contribution >= 0.6 is 11.3 Å². The Bertz CT molecular complexity index is 1060. The molecule has 1 saturated heterocycles. The van der Waals surface area contributed by atoms with Crippen LogP contribution < -0.4 is 16.0 Å². The van der Waals surface area contributed by atoms with Crippen LogP contribution in [0, 0.1) is 0 Å². The smallest absolute Gasteiger partial charge is 0.206 e. The maximum absolute atomic E-state index is 12.7. The lowest BCUT2D eigenvalue weighted by molar-refractivity contribution is 0.0153. The van der Waals surface area contributed by atoms with E-state index >= 15 is 0 Å². The van der Waals surface area contributed by atoms with Gasteiger partial charge in [-0.1, -0.05) is 23.5 Å². The Labute approximate surface area is 184 Å². The number of phenols is 1. The fraction of sp³-hybridized carbons (Fsp3) is 0.273. The fourth-order valence-electron chi connectivity index (χ4n) is 3.56. The number of piperazine rings is 1. The number of carbonyl (C=O) groups excluding carboxylic acids is 1. The zero-order valence-electron chi connectivity index (χ0n) is 17.2. The second kappa shape index (κ2) is 8.93. The van der Waals surface area contributed by atoms with Crippen molar-refractivity contribution in [1.29, 1.82) is 0 Å². The number of nitrogens with two attached hydrogens (primary N) is 1. The molecular weight excluding hydrogens is 414 g/mol. The molecule has 0 radical (unpaired) electrons. The van der Waals surface area contributed by atoms with E-state index in [2.05, 4.69) is 20.1 Å². The highest BCUT2D eigenvalue weighted by atomic mass is 32.1. The molecule has 4 rings (SSSR count). The Morgan fingerprint density at radius 3 is 2.52 bits per heavy atom. The minimum absolute atomic E-state index is 0.0275. The van der Waals surface area contributed by atoms with Crippen LogP contribution in [0.2, 0.25) is 0 Å². The topological polar surface area (TPSA) is 115 Å². The van der Waals surface area contributed by atoms with Gasteiger partial charge >= 0.3 is 0 Å². The molecule has 3 aromatic rings. The van der Waals surface area contributed by atoms with Gasteiger partial charge in [0.15, 0.2) is 5.13 Å². The van der Waals surface area contributed by atoms with Crippen LogP contribution in [0.1, 0.15) is 22.2 Å². The van der Waals surface area contributed by atoms with Crippen LogP contribution in [0.3, 0.4) is 0 Å². The Kier molecular flexibility index (Phi) is 6.08. The highest BCUT2D eigenvalue weighted by Gasteiger charge is 2.20. The number of phenolic OH excluding ortho intramolecular Hbond substituents is 1. The van der Waals surface area contributed by atoms with E-state index in [1.54, 1.807) is 19.1 Å². The summed E-state index contributed by atoms with van der Waals surface area (Å²) >= 11 is 1.18. The van der Waals surface area contributed by atoms with Crippen LogP contribution in [-0.2, 0) is 0 Å². The van der Waals surface area contributed by atoms with Crippen molar-refractivity contribution in [1.82, 2.24) is 9.88 Å². The average molecular weight is 440 g/mol. The van der Waals surface area contributed by atoms with E-state index in [1.165, 1.54) is 23.5 Å². The van der Waals surface area contributed by atoms with E-state index in [0.717, 1.165) is 37.6 Å². The van der Waals surface area contributed by atoms with Gasteiger partial charge in [0.05, 0.1) is 0 Å². The van der Waals surface area contributed by atoms with Crippen molar-refractivity contribution < 1.29 is 15.0 Å². The number of rotatable bonds is 6. The normalized spacial score (nSPS) is 15.6. The molecule has 1 fully saturated rings. The lowest BCUT2D eigenvalue weighted by atomic mass is 10.1. The maximum atomic E-state index is 12.7. The minimum Gasteiger partial charge on any atom is -0.508 e. The van der Waals surface area contributed by atoms with Gasteiger partial charge < -0.3 is 26.2 Å². The molecule has 1 aliphatic rings. The van der Waals surface area contributed by atoms with Crippen LogP contribution in [0.25, 0.3) is 0 Å². The molecule has 2 aromatic carbocycles. The summed E-state index contributed by atoms with van der Waals surface area (Å²) in [4.78, 5) is 21.6. The number of nitrogens with zero attached hydrogens (tertiary/aromatic N) is 3. The van der Waals surface area contributed by atoms with Crippen molar-refractivity contribution in [2.45, 2.75) is 13.2 Å². The number of ketones is 1. The molecule has 162 valence electrons. The zero-order valence-corrected chi connectivity index (χ0v) is 18.0. The lowest BCUT2D eigenvalue weighted by Crippen LogP contribution is -2.49. The summed E-state index contributed by atoms with van der Waals surface area (Å²) in [6, 6.07) is 14.2. The number of thiazole rings is 1. The van der Waals surface area contributed by atoms with Crippen LogP contribution in [0.4, 0.5) is 22.3 Å². The summed E-state index contributed by atoms with van der Waals surface area (Å²) in [7, 11) is 0. The molecular formula is C22H25N5O3S. The summed E-state index contributed by atoms with van der Waals surface area (Å²) in [6.07, 6.45) is -0.413. The van der Waals surface area contributed by atoms with Gasteiger partial charge in [-0.15, -0.1) is 0 Å². The highest BCUT2D eigenvalue weighted by Crippen LogP contribution is 2.31. The third kappa shape index (κ3) is 4.79. The van der Waals surface area contributed by atoms with Crippen molar-refractivity contribution in [3.8, 4) is 5.75 Å². The first-order valence-electron chi connectivity index (χ1n) is 10.0. The number of aliphatic hydroxyl groups is 1. The standard InChI is InChI=1S/C22H25N5O3S/c1-14(28)26-9-11-27(12-10-26)17-7-5-16(6-8-17)24-22-25-21(23)20(31-22)19(30)15-3-2-4-18(29)13-15/h2-8,13-14,28-29H,9-12,23H2,1H3,(H,24,25). The molecule has 31 heavy (non-hydrogen) atoms. The Morgan fingerprint density at radius 2 is 1.87 bits per heavy atom. The molecule has 5 N–H and O–H groups in total. The molecule has 8 nitrogen and oxygen atoms in total. The fourth-order valence-corrected chi connectivity index (χ4v) is 4.43. The van der Waals surface area contributed by atoms with Crippen molar-refractivity contribution >= 4 is 39.4 Å². The number of nitrogen functional groups attached to an aromatic ring is 1. The number of aromatic hydroxyl groups is 1. The molecule has 1 aromatic heterocycles. The Hall–Kier alpha value is -3.14. The predicted molar refractivity (Wildman–Crippen MR) is 123 cm³/mol. The van der Waals surface area contributed by atoms with E-state index in [9.17, 15) is 15.0 Å². The molecule has 2 heterocycles. The Balaban J connectivity index is 1.42. The molecule has 0 amide bonds. The average Bonchev–Trinajstić information content (AvgIpc) is 3.13. The number of hydrogen-bond donors (Lipinski definition) is 4. The van der Waals surface area contributed by atoms with Crippen molar-refractivity contribution in [2.24, 2.45) is 0 Å². The summed E-state index contributed by atoms with van der Waals surface area (Å²) in [5.74, 6) is -0.0845. The molecule has 1 atom stereocenters. The molecule has 9 heteroatoms. The summed E-state index contributed by atoms with van der Waals surface area (Å²) in [6.45, 7) is 5.17. The molecule has 0 aliphatic carbocycles.